The van der Waals surface area contributed by atoms with Gasteiger partial charge in [0.15, 0.2) is 0 Å². The van der Waals surface area contributed by atoms with Gasteiger partial charge in [-0.1, -0.05) is 35.9 Å². The second kappa shape index (κ2) is 12.4. The van der Waals surface area contributed by atoms with Crippen molar-refractivity contribution in [3.63, 3.8) is 0 Å². The Morgan fingerprint density at radius 3 is 2.37 bits per heavy atom. The summed E-state index contributed by atoms with van der Waals surface area (Å²) in [6, 6.07) is 10.1. The molecular formula is C25H33ClFN3O4S. The van der Waals surface area contributed by atoms with Crippen molar-refractivity contribution in [2.24, 2.45) is 0 Å². The number of carbonyl (C=O) groups excluding carboxylic acids is 2. The highest BCUT2D eigenvalue weighted by Crippen LogP contribution is 2.27. The van der Waals surface area contributed by atoms with Gasteiger partial charge in [0.2, 0.25) is 21.8 Å². The van der Waals surface area contributed by atoms with Crippen molar-refractivity contribution >= 4 is 39.1 Å². The van der Waals surface area contributed by atoms with Crippen molar-refractivity contribution in [2.45, 2.75) is 59.2 Å². The van der Waals surface area contributed by atoms with Crippen LogP contribution >= 0.6 is 11.6 Å². The van der Waals surface area contributed by atoms with E-state index >= 15 is 0 Å². The number of anilines is 1. The fourth-order valence-corrected chi connectivity index (χ4v) is 4.81. The van der Waals surface area contributed by atoms with Crippen molar-refractivity contribution in [1.29, 1.82) is 0 Å². The van der Waals surface area contributed by atoms with Crippen molar-refractivity contribution in [1.82, 2.24) is 10.2 Å². The summed E-state index contributed by atoms with van der Waals surface area (Å²) in [5.41, 5.74) is 1.46. The summed E-state index contributed by atoms with van der Waals surface area (Å²) in [6.07, 6.45) is 1.27. The van der Waals surface area contributed by atoms with Gasteiger partial charge in [0.05, 0.1) is 11.9 Å². The van der Waals surface area contributed by atoms with Crippen molar-refractivity contribution in [3.8, 4) is 0 Å². The van der Waals surface area contributed by atoms with E-state index in [1.807, 2.05) is 13.8 Å². The lowest BCUT2D eigenvalue weighted by Crippen LogP contribution is -2.49. The van der Waals surface area contributed by atoms with Crippen molar-refractivity contribution < 1.29 is 22.4 Å². The first-order valence-corrected chi connectivity index (χ1v) is 13.6. The molecule has 0 unspecified atom stereocenters. The molecule has 0 aromatic heterocycles. The van der Waals surface area contributed by atoms with Gasteiger partial charge in [0.1, 0.15) is 11.9 Å². The fraction of sp³-hybridized carbons (Fsp3) is 0.440. The zero-order valence-electron chi connectivity index (χ0n) is 20.7. The minimum absolute atomic E-state index is 0.0284. The number of nitrogens with zero attached hydrogens (tertiary/aromatic N) is 2. The van der Waals surface area contributed by atoms with E-state index in [1.54, 1.807) is 50.2 Å². The Bertz CT molecular complexity index is 1160. The van der Waals surface area contributed by atoms with Gasteiger partial charge in [-0.05, 0) is 57.9 Å². The molecule has 0 bridgehead atoms. The molecule has 35 heavy (non-hydrogen) atoms. The quantitative estimate of drug-likeness (QED) is 0.474. The summed E-state index contributed by atoms with van der Waals surface area (Å²) in [7, 11) is -3.64. The summed E-state index contributed by atoms with van der Waals surface area (Å²) >= 11 is 6.08. The summed E-state index contributed by atoms with van der Waals surface area (Å²) in [5, 5.41) is 3.18. The van der Waals surface area contributed by atoms with E-state index in [9.17, 15) is 22.4 Å². The Hall–Kier alpha value is -2.65. The predicted molar refractivity (Wildman–Crippen MR) is 137 cm³/mol. The van der Waals surface area contributed by atoms with Gasteiger partial charge in [-0.2, -0.15) is 0 Å². The number of amides is 2. The van der Waals surface area contributed by atoms with Gasteiger partial charge in [-0.15, -0.1) is 0 Å². The van der Waals surface area contributed by atoms with E-state index in [0.29, 0.717) is 10.7 Å². The Kier molecular flexibility index (Phi) is 10.1. The monoisotopic (exact) mass is 525 g/mol. The molecule has 0 saturated heterocycles. The normalized spacial score (nSPS) is 12.3. The first kappa shape index (κ1) is 28.6. The van der Waals surface area contributed by atoms with Crippen LogP contribution in [0.25, 0.3) is 0 Å². The number of rotatable bonds is 11. The zero-order chi connectivity index (χ0) is 26.3. The summed E-state index contributed by atoms with van der Waals surface area (Å²) in [5.74, 6) is -1.20. The molecule has 0 radical (unpaired) electrons. The number of nitrogens with one attached hydrogen (secondary N) is 1. The molecular weight excluding hydrogens is 493 g/mol. The maximum Gasteiger partial charge on any atom is 0.242 e. The molecule has 0 heterocycles. The third-order valence-corrected chi connectivity index (χ3v) is 6.90. The van der Waals surface area contributed by atoms with Gasteiger partial charge < -0.3 is 10.2 Å². The topological polar surface area (TPSA) is 86.8 Å². The Morgan fingerprint density at radius 1 is 1.11 bits per heavy atom. The van der Waals surface area contributed by atoms with E-state index in [1.165, 1.54) is 15.3 Å². The molecule has 7 nitrogen and oxygen atoms in total. The second-order valence-electron chi connectivity index (χ2n) is 8.82. The minimum atomic E-state index is -3.64. The van der Waals surface area contributed by atoms with Crippen molar-refractivity contribution in [3.05, 3.63) is 64.4 Å². The van der Waals surface area contributed by atoms with Crippen LogP contribution in [-0.2, 0) is 26.2 Å². The molecule has 2 rings (SSSR count). The van der Waals surface area contributed by atoms with Crippen LogP contribution in [0.15, 0.2) is 42.5 Å². The number of hydrogen-bond acceptors (Lipinski definition) is 4. The molecule has 0 aliphatic heterocycles. The van der Waals surface area contributed by atoms with Crippen LogP contribution in [0.4, 0.5) is 10.1 Å². The highest BCUT2D eigenvalue weighted by Gasteiger charge is 2.28. The number of aryl methyl sites for hydroxylation is 1. The molecule has 2 aromatic rings. The molecule has 1 N–H and O–H groups in total. The number of carbonyl (C=O) groups is 2. The Morgan fingerprint density at radius 2 is 1.77 bits per heavy atom. The van der Waals surface area contributed by atoms with Crippen LogP contribution in [0.2, 0.25) is 5.02 Å². The predicted octanol–water partition coefficient (Wildman–Crippen LogP) is 4.28. The molecule has 0 aliphatic carbocycles. The third-order valence-electron chi connectivity index (χ3n) is 5.49. The van der Waals surface area contributed by atoms with Gasteiger partial charge in [0, 0.05) is 36.1 Å². The van der Waals surface area contributed by atoms with Crippen LogP contribution < -0.4 is 9.62 Å². The number of sulfonamides is 1. The van der Waals surface area contributed by atoms with Crippen LogP contribution in [0, 0.1) is 12.7 Å². The first-order valence-electron chi connectivity index (χ1n) is 11.4. The van der Waals surface area contributed by atoms with E-state index in [2.05, 4.69) is 5.32 Å². The minimum Gasteiger partial charge on any atom is -0.352 e. The largest absolute Gasteiger partial charge is 0.352 e. The number of benzene rings is 2. The molecule has 2 amide bonds. The lowest BCUT2D eigenvalue weighted by molar-refractivity contribution is -0.140. The Labute approximate surface area is 212 Å². The lowest BCUT2D eigenvalue weighted by atomic mass is 10.1. The molecule has 0 spiro atoms. The smallest absolute Gasteiger partial charge is 0.242 e. The highest BCUT2D eigenvalue weighted by atomic mass is 35.5. The average Bonchev–Trinajstić information content (AvgIpc) is 2.76. The van der Waals surface area contributed by atoms with Crippen LogP contribution in [0.5, 0.6) is 0 Å². The van der Waals surface area contributed by atoms with E-state index in [0.717, 1.165) is 11.8 Å². The molecule has 10 heteroatoms. The molecule has 2 aromatic carbocycles. The SMILES string of the molecule is Cc1ccc(Cl)cc1N(CCCC(=O)N(Cc1ccccc1F)[C@@H](C)C(=O)NC(C)C)S(C)(=O)=O. The number of hydrogen-bond donors (Lipinski definition) is 1. The number of halogens is 2. The van der Waals surface area contributed by atoms with Gasteiger partial charge >= 0.3 is 0 Å². The second-order valence-corrected chi connectivity index (χ2v) is 11.2. The maximum absolute atomic E-state index is 14.3. The van der Waals surface area contributed by atoms with Gasteiger partial charge in [0.25, 0.3) is 0 Å². The molecule has 192 valence electrons. The van der Waals surface area contributed by atoms with E-state index < -0.39 is 21.9 Å². The third kappa shape index (κ3) is 8.21. The Balaban J connectivity index is 2.22. The molecule has 0 fully saturated rings. The fourth-order valence-electron chi connectivity index (χ4n) is 3.63. The summed E-state index contributed by atoms with van der Waals surface area (Å²) in [6.45, 7) is 6.96. The first-order chi connectivity index (χ1) is 16.3. The zero-order valence-corrected chi connectivity index (χ0v) is 22.3. The summed E-state index contributed by atoms with van der Waals surface area (Å²) in [4.78, 5) is 27.2. The van der Waals surface area contributed by atoms with Gasteiger partial charge in [-0.3, -0.25) is 13.9 Å². The van der Waals surface area contributed by atoms with Crippen LogP contribution in [-0.4, -0.2) is 50.0 Å². The highest BCUT2D eigenvalue weighted by molar-refractivity contribution is 7.92. The van der Waals surface area contributed by atoms with Gasteiger partial charge in [-0.25, -0.2) is 12.8 Å². The lowest BCUT2D eigenvalue weighted by Gasteiger charge is -2.30. The maximum atomic E-state index is 14.3. The van der Waals surface area contributed by atoms with E-state index in [-0.39, 0.29) is 49.4 Å². The molecule has 0 aliphatic rings. The van der Waals surface area contributed by atoms with E-state index in [4.69, 9.17) is 11.6 Å². The van der Waals surface area contributed by atoms with Crippen LogP contribution in [0.3, 0.4) is 0 Å². The van der Waals surface area contributed by atoms with Crippen LogP contribution in [0.1, 0.15) is 44.7 Å². The molecule has 0 saturated carbocycles. The average molecular weight is 526 g/mol. The molecule has 1 atom stereocenters. The summed E-state index contributed by atoms with van der Waals surface area (Å²) < 4.78 is 40.5. The standard InChI is InChI=1S/C25H33ClFN3O4S/c1-17(2)28-25(32)19(4)29(16-20-9-6-7-10-22(20)27)24(31)11-8-14-30(35(5,33)34)23-15-21(26)13-12-18(23)3/h6-7,9-10,12-13,15,17,19H,8,11,14,16H2,1-5H3,(H,28,32)/t19-/m0/s1. The van der Waals surface area contributed by atoms with Crippen molar-refractivity contribution in [2.75, 3.05) is 17.1 Å².